The largest absolute Gasteiger partial charge is 0.495 e. The Morgan fingerprint density at radius 2 is 1.73 bits per heavy atom. The molecule has 1 aliphatic rings. The molecule has 0 atom stereocenters. The van der Waals surface area contributed by atoms with Gasteiger partial charge < -0.3 is 23.8 Å². The first-order valence-electron chi connectivity index (χ1n) is 9.19. The molecule has 1 heterocycles. The molecule has 0 aromatic heterocycles. The van der Waals surface area contributed by atoms with Gasteiger partial charge in [-0.3, -0.25) is 0 Å². The van der Waals surface area contributed by atoms with E-state index in [4.69, 9.17) is 18.9 Å². The maximum absolute atomic E-state index is 13.0. The lowest BCUT2D eigenvalue weighted by atomic mass is 10.1. The van der Waals surface area contributed by atoms with Crippen LogP contribution in [0.5, 0.6) is 5.75 Å². The number of methoxy groups -OCH3 is 3. The molecule has 0 spiro atoms. The Morgan fingerprint density at radius 1 is 1.10 bits per heavy atom. The molecule has 1 aliphatic heterocycles. The third kappa shape index (κ3) is 4.42. The van der Waals surface area contributed by atoms with Crippen molar-refractivity contribution in [3.8, 4) is 5.75 Å². The standard InChI is InChI=1S/C19H26N2O8S/c1-6-20(7-2)30(24,25)13-8-9-16(26-3)15(10-13)21-12-29-11-14(18(22)27-4)17(21)19(23)28-5/h8-10H,6-7,11-12H2,1-5H3. The Hall–Kier alpha value is -2.63. The molecule has 30 heavy (non-hydrogen) atoms. The second-order valence-electron chi connectivity index (χ2n) is 6.14. The molecule has 2 rings (SSSR count). The number of anilines is 1. The lowest BCUT2D eigenvalue weighted by molar-refractivity contribution is -0.140. The molecule has 0 aliphatic carbocycles. The van der Waals surface area contributed by atoms with Crippen LogP contribution >= 0.6 is 0 Å². The van der Waals surface area contributed by atoms with Crippen molar-refractivity contribution < 1.29 is 37.0 Å². The van der Waals surface area contributed by atoms with Crippen LogP contribution in [-0.2, 0) is 33.8 Å². The number of esters is 2. The number of ether oxygens (including phenoxy) is 4. The second kappa shape index (κ2) is 9.92. The van der Waals surface area contributed by atoms with Gasteiger partial charge in [0, 0.05) is 13.1 Å². The monoisotopic (exact) mass is 442 g/mol. The topological polar surface area (TPSA) is 112 Å². The van der Waals surface area contributed by atoms with Crippen molar-refractivity contribution in [2.75, 3.05) is 52.7 Å². The van der Waals surface area contributed by atoms with Gasteiger partial charge in [0.1, 0.15) is 18.2 Å². The average molecular weight is 442 g/mol. The number of benzene rings is 1. The van der Waals surface area contributed by atoms with Crippen LogP contribution in [0, 0.1) is 0 Å². The van der Waals surface area contributed by atoms with Crippen LogP contribution in [0.1, 0.15) is 13.8 Å². The van der Waals surface area contributed by atoms with Gasteiger partial charge in [-0.2, -0.15) is 4.31 Å². The van der Waals surface area contributed by atoms with Crippen molar-refractivity contribution in [2.24, 2.45) is 0 Å². The summed E-state index contributed by atoms with van der Waals surface area (Å²) in [6.07, 6.45) is 0. The summed E-state index contributed by atoms with van der Waals surface area (Å²) in [5, 5.41) is 0. The highest BCUT2D eigenvalue weighted by Crippen LogP contribution is 2.36. The van der Waals surface area contributed by atoms with E-state index in [2.05, 4.69) is 0 Å². The molecule has 0 unspecified atom stereocenters. The summed E-state index contributed by atoms with van der Waals surface area (Å²) in [4.78, 5) is 26.1. The van der Waals surface area contributed by atoms with Gasteiger partial charge >= 0.3 is 11.9 Å². The Kier molecular flexibility index (Phi) is 7.82. The zero-order chi connectivity index (χ0) is 22.5. The van der Waals surface area contributed by atoms with E-state index in [0.29, 0.717) is 13.1 Å². The summed E-state index contributed by atoms with van der Waals surface area (Å²) in [6, 6.07) is 4.27. The fraction of sp³-hybridized carbons (Fsp3) is 0.474. The SMILES string of the molecule is CCN(CC)S(=O)(=O)c1ccc(OC)c(N2COCC(C(=O)OC)=C2C(=O)OC)c1. The number of hydrogen-bond donors (Lipinski definition) is 0. The van der Waals surface area contributed by atoms with Gasteiger partial charge in [0.2, 0.25) is 10.0 Å². The van der Waals surface area contributed by atoms with Crippen LogP contribution in [0.3, 0.4) is 0 Å². The Labute approximate surface area is 176 Å². The predicted molar refractivity (Wildman–Crippen MR) is 107 cm³/mol. The first kappa shape index (κ1) is 23.6. The van der Waals surface area contributed by atoms with Gasteiger partial charge in [0.05, 0.1) is 44.1 Å². The first-order chi connectivity index (χ1) is 14.3. The van der Waals surface area contributed by atoms with Gasteiger partial charge in [-0.25, -0.2) is 18.0 Å². The molecule has 1 aromatic rings. The van der Waals surface area contributed by atoms with E-state index >= 15 is 0 Å². The van der Waals surface area contributed by atoms with Crippen LogP contribution in [-0.4, -0.2) is 72.4 Å². The Morgan fingerprint density at radius 3 is 2.27 bits per heavy atom. The number of sulfonamides is 1. The molecule has 11 heteroatoms. The zero-order valence-corrected chi connectivity index (χ0v) is 18.4. The highest BCUT2D eigenvalue weighted by atomic mass is 32.2. The van der Waals surface area contributed by atoms with Crippen LogP contribution in [0.25, 0.3) is 0 Å². The zero-order valence-electron chi connectivity index (χ0n) is 17.6. The third-order valence-electron chi connectivity index (χ3n) is 4.62. The third-order valence-corrected chi connectivity index (χ3v) is 6.66. The number of hydrogen-bond acceptors (Lipinski definition) is 9. The number of carbonyl (C=O) groups excluding carboxylic acids is 2. The minimum Gasteiger partial charge on any atom is -0.495 e. The predicted octanol–water partition coefficient (Wildman–Crippen LogP) is 1.12. The minimum absolute atomic E-state index is 0.0106. The molecule has 0 amide bonds. The lowest BCUT2D eigenvalue weighted by Gasteiger charge is -2.32. The van der Waals surface area contributed by atoms with Crippen molar-refractivity contribution in [2.45, 2.75) is 18.7 Å². The van der Waals surface area contributed by atoms with Gasteiger partial charge in [0.25, 0.3) is 0 Å². The van der Waals surface area contributed by atoms with Crippen molar-refractivity contribution in [3.05, 3.63) is 29.5 Å². The maximum Gasteiger partial charge on any atom is 0.355 e. The lowest BCUT2D eigenvalue weighted by Crippen LogP contribution is -2.39. The fourth-order valence-corrected chi connectivity index (χ4v) is 4.57. The summed E-state index contributed by atoms with van der Waals surface area (Å²) in [5.41, 5.74) is 0.0770. The molecule has 166 valence electrons. The van der Waals surface area contributed by atoms with Crippen molar-refractivity contribution in [1.82, 2.24) is 4.31 Å². The highest BCUT2D eigenvalue weighted by Gasteiger charge is 2.34. The molecule has 1 aromatic carbocycles. The van der Waals surface area contributed by atoms with Gasteiger partial charge in [0.15, 0.2) is 0 Å². The van der Waals surface area contributed by atoms with E-state index in [-0.39, 0.29) is 40.9 Å². The second-order valence-corrected chi connectivity index (χ2v) is 8.08. The molecular weight excluding hydrogens is 416 g/mol. The Balaban J connectivity index is 2.71. The van der Waals surface area contributed by atoms with E-state index < -0.39 is 22.0 Å². The molecule has 0 radical (unpaired) electrons. The summed E-state index contributed by atoms with van der Waals surface area (Å²) < 4.78 is 47.7. The highest BCUT2D eigenvalue weighted by molar-refractivity contribution is 7.89. The molecule has 0 N–H and O–H groups in total. The summed E-state index contributed by atoms with van der Waals surface area (Å²) in [6.45, 7) is 3.79. The average Bonchev–Trinajstić information content (AvgIpc) is 2.77. The fourth-order valence-electron chi connectivity index (χ4n) is 3.09. The quantitative estimate of drug-likeness (QED) is 0.547. The molecule has 0 fully saturated rings. The van der Waals surface area contributed by atoms with Gasteiger partial charge in [-0.1, -0.05) is 13.8 Å². The summed E-state index contributed by atoms with van der Waals surface area (Å²) >= 11 is 0. The van der Waals surface area contributed by atoms with Crippen LogP contribution < -0.4 is 9.64 Å². The van der Waals surface area contributed by atoms with E-state index in [1.807, 2.05) is 0 Å². The normalized spacial score (nSPS) is 14.7. The minimum atomic E-state index is -3.78. The molecule has 0 saturated carbocycles. The van der Waals surface area contributed by atoms with Crippen LogP contribution in [0.4, 0.5) is 5.69 Å². The van der Waals surface area contributed by atoms with Crippen molar-refractivity contribution >= 4 is 27.6 Å². The van der Waals surface area contributed by atoms with Crippen molar-refractivity contribution in [1.29, 1.82) is 0 Å². The van der Waals surface area contributed by atoms with Gasteiger partial charge in [-0.15, -0.1) is 0 Å². The molecular formula is C19H26N2O8S. The molecule has 0 saturated heterocycles. The number of carbonyl (C=O) groups is 2. The number of nitrogens with zero attached hydrogens (tertiary/aromatic N) is 2. The van der Waals surface area contributed by atoms with E-state index in [1.165, 1.54) is 48.7 Å². The summed E-state index contributed by atoms with van der Waals surface area (Å²) in [7, 11) is -0.0125. The van der Waals surface area contributed by atoms with Gasteiger partial charge in [-0.05, 0) is 18.2 Å². The molecule has 0 bridgehead atoms. The summed E-state index contributed by atoms with van der Waals surface area (Å²) in [5.74, 6) is -1.27. The number of rotatable bonds is 8. The van der Waals surface area contributed by atoms with Crippen LogP contribution in [0.15, 0.2) is 34.4 Å². The van der Waals surface area contributed by atoms with Crippen molar-refractivity contribution in [3.63, 3.8) is 0 Å². The van der Waals surface area contributed by atoms with E-state index in [1.54, 1.807) is 13.8 Å². The smallest absolute Gasteiger partial charge is 0.355 e. The van der Waals surface area contributed by atoms with Crippen LogP contribution in [0.2, 0.25) is 0 Å². The van der Waals surface area contributed by atoms with E-state index in [0.717, 1.165) is 0 Å². The molecule has 10 nitrogen and oxygen atoms in total. The first-order valence-corrected chi connectivity index (χ1v) is 10.6. The Bertz CT molecular complexity index is 938. The van der Waals surface area contributed by atoms with E-state index in [9.17, 15) is 18.0 Å². The maximum atomic E-state index is 13.0.